The highest BCUT2D eigenvalue weighted by Gasteiger charge is 2.35. The molecular weight excluding hydrogens is 590 g/mol. The van der Waals surface area contributed by atoms with Gasteiger partial charge < -0.3 is 19.9 Å². The lowest BCUT2D eigenvalue weighted by Crippen LogP contribution is -2.33. The first-order valence-corrected chi connectivity index (χ1v) is 12.9. The standard InChI is InChI=1S/C29H31ClF6N2O4/c1-16(2)19(15-23(37-6)29(34,35)36)18-9-11-22(41-13-7-12-38-26(40)42-27(3,4)5)24(25(18)39)17-8-10-21(30)20(14-17)28(31,32)33/h8-11,14-15,39H,1,7,12-13H2,2-6H3,(H,38,40)/b19-15+,37-23+. The van der Waals surface area contributed by atoms with Crippen LogP contribution in [0.15, 0.2) is 53.6 Å². The summed E-state index contributed by atoms with van der Waals surface area (Å²) < 4.78 is 92.2. The van der Waals surface area contributed by atoms with Crippen molar-refractivity contribution in [2.75, 3.05) is 20.2 Å². The second-order valence-corrected chi connectivity index (χ2v) is 10.5. The summed E-state index contributed by atoms with van der Waals surface area (Å²) in [7, 11) is 0.946. The Balaban J connectivity index is 2.58. The third-order valence-electron chi connectivity index (χ3n) is 5.51. The molecule has 0 aromatic heterocycles. The molecule has 0 atom stereocenters. The topological polar surface area (TPSA) is 80.2 Å². The molecule has 2 rings (SSSR count). The second-order valence-electron chi connectivity index (χ2n) is 10.1. The molecule has 6 nitrogen and oxygen atoms in total. The number of benzene rings is 2. The fourth-order valence-electron chi connectivity index (χ4n) is 3.69. The number of hydrogen-bond donors (Lipinski definition) is 2. The lowest BCUT2D eigenvalue weighted by atomic mass is 9.92. The quantitative estimate of drug-likeness (QED) is 0.127. The first kappa shape index (κ1) is 34.5. The van der Waals surface area contributed by atoms with E-state index in [9.17, 15) is 36.2 Å². The number of alkyl halides is 6. The van der Waals surface area contributed by atoms with Crippen LogP contribution in [0.2, 0.25) is 5.02 Å². The maximum Gasteiger partial charge on any atom is 0.432 e. The summed E-state index contributed by atoms with van der Waals surface area (Å²) in [6, 6.07) is 5.48. The number of nitrogens with one attached hydrogen (secondary N) is 1. The van der Waals surface area contributed by atoms with E-state index in [1.54, 1.807) is 20.8 Å². The molecule has 0 unspecified atom stereocenters. The van der Waals surface area contributed by atoms with Gasteiger partial charge in [-0.25, -0.2) is 4.79 Å². The van der Waals surface area contributed by atoms with Crippen molar-refractivity contribution in [1.82, 2.24) is 5.32 Å². The summed E-state index contributed by atoms with van der Waals surface area (Å²) in [4.78, 5) is 15.1. The first-order chi connectivity index (χ1) is 19.3. The van der Waals surface area contributed by atoms with Crippen LogP contribution in [-0.2, 0) is 10.9 Å². The van der Waals surface area contributed by atoms with Crippen molar-refractivity contribution in [2.45, 2.75) is 52.1 Å². The minimum Gasteiger partial charge on any atom is -0.507 e. The van der Waals surface area contributed by atoms with E-state index in [0.717, 1.165) is 13.1 Å². The number of aliphatic imine (C=N–C) groups is 1. The largest absolute Gasteiger partial charge is 0.507 e. The fraction of sp³-hybridized carbons (Fsp3) is 0.379. The normalized spacial score (nSPS) is 13.1. The number of carbonyl (C=O) groups is 1. The molecule has 0 saturated carbocycles. The maximum atomic E-state index is 13.6. The number of nitrogens with zero attached hydrogens (tertiary/aromatic N) is 1. The van der Waals surface area contributed by atoms with Gasteiger partial charge in [-0.15, -0.1) is 0 Å². The fourth-order valence-corrected chi connectivity index (χ4v) is 3.91. The number of phenolic OH excluding ortho intramolecular Hbond substituents is 1. The molecule has 230 valence electrons. The van der Waals surface area contributed by atoms with Gasteiger partial charge in [-0.1, -0.05) is 29.8 Å². The molecule has 0 spiro atoms. The van der Waals surface area contributed by atoms with E-state index < -0.39 is 46.1 Å². The summed E-state index contributed by atoms with van der Waals surface area (Å²) in [6.07, 6.45) is -9.38. The Morgan fingerprint density at radius 3 is 2.29 bits per heavy atom. The van der Waals surface area contributed by atoms with Crippen LogP contribution in [0.25, 0.3) is 16.7 Å². The minimum atomic E-state index is -4.84. The molecule has 0 saturated heterocycles. The van der Waals surface area contributed by atoms with Gasteiger partial charge in [0.05, 0.1) is 22.8 Å². The summed E-state index contributed by atoms with van der Waals surface area (Å²) in [5, 5.41) is 13.3. The Kier molecular flexibility index (Phi) is 11.1. The lowest BCUT2D eigenvalue weighted by Gasteiger charge is -2.20. The van der Waals surface area contributed by atoms with Crippen LogP contribution >= 0.6 is 11.6 Å². The molecule has 42 heavy (non-hydrogen) atoms. The first-order valence-electron chi connectivity index (χ1n) is 12.5. The predicted molar refractivity (Wildman–Crippen MR) is 150 cm³/mol. The Morgan fingerprint density at radius 1 is 1.12 bits per heavy atom. The number of rotatable bonds is 9. The van der Waals surface area contributed by atoms with Crippen molar-refractivity contribution >= 4 is 29.0 Å². The van der Waals surface area contributed by atoms with Gasteiger partial charge in [0.15, 0.2) is 0 Å². The lowest BCUT2D eigenvalue weighted by molar-refractivity contribution is -0.137. The van der Waals surface area contributed by atoms with Crippen LogP contribution in [-0.4, -0.2) is 48.9 Å². The van der Waals surface area contributed by atoms with Gasteiger partial charge in [-0.05, 0) is 75.6 Å². The van der Waals surface area contributed by atoms with E-state index >= 15 is 0 Å². The highest BCUT2D eigenvalue weighted by atomic mass is 35.5. The SMILES string of the molecule is C=C(C)/C(=C\C(=N/C)C(F)(F)F)c1ccc(OCCCNC(=O)OC(C)(C)C)c(-c2ccc(Cl)c(C(F)(F)F)c2)c1O. The second kappa shape index (κ2) is 13.5. The zero-order chi connectivity index (χ0) is 32.0. The average molecular weight is 621 g/mol. The van der Waals surface area contributed by atoms with Crippen molar-refractivity contribution in [1.29, 1.82) is 0 Å². The number of alkyl carbamates (subject to hydrolysis) is 1. The van der Waals surface area contributed by atoms with E-state index in [1.807, 2.05) is 0 Å². The van der Waals surface area contributed by atoms with Crippen molar-refractivity contribution in [2.24, 2.45) is 4.99 Å². The monoisotopic (exact) mass is 620 g/mol. The van der Waals surface area contributed by atoms with Crippen LogP contribution in [0.4, 0.5) is 31.1 Å². The number of ether oxygens (including phenoxy) is 2. The van der Waals surface area contributed by atoms with Gasteiger partial charge in [0.25, 0.3) is 0 Å². The number of phenols is 1. The Labute approximate surface area is 244 Å². The van der Waals surface area contributed by atoms with Crippen LogP contribution in [0.3, 0.4) is 0 Å². The van der Waals surface area contributed by atoms with Crippen molar-refractivity contribution in [3.63, 3.8) is 0 Å². The third kappa shape index (κ3) is 9.43. The van der Waals surface area contributed by atoms with Gasteiger partial charge in [-0.3, -0.25) is 4.99 Å². The molecule has 0 aliphatic carbocycles. The minimum absolute atomic E-state index is 0.0504. The van der Waals surface area contributed by atoms with Crippen LogP contribution in [0, 0.1) is 0 Å². The van der Waals surface area contributed by atoms with Crippen molar-refractivity contribution in [3.05, 3.63) is 64.7 Å². The summed E-state index contributed by atoms with van der Waals surface area (Å²) in [5.74, 6) is -0.716. The molecule has 0 aliphatic rings. The van der Waals surface area contributed by atoms with Crippen LogP contribution < -0.4 is 10.1 Å². The molecule has 2 N–H and O–H groups in total. The molecule has 1 amide bonds. The molecule has 13 heteroatoms. The average Bonchev–Trinajstić information content (AvgIpc) is 2.83. The van der Waals surface area contributed by atoms with Gasteiger partial charge in [0.1, 0.15) is 22.8 Å². The highest BCUT2D eigenvalue weighted by Crippen LogP contribution is 2.46. The molecule has 0 radical (unpaired) electrons. The van der Waals surface area contributed by atoms with E-state index in [1.165, 1.54) is 25.1 Å². The molecule has 0 bridgehead atoms. The maximum absolute atomic E-state index is 13.6. The van der Waals surface area contributed by atoms with Crippen molar-refractivity contribution in [3.8, 4) is 22.6 Å². The Morgan fingerprint density at radius 2 is 1.76 bits per heavy atom. The van der Waals surface area contributed by atoms with E-state index in [2.05, 4.69) is 16.9 Å². The van der Waals surface area contributed by atoms with Crippen molar-refractivity contribution < 1.29 is 45.7 Å². The molecule has 0 fully saturated rings. The van der Waals surface area contributed by atoms with Crippen LogP contribution in [0.1, 0.15) is 45.2 Å². The van der Waals surface area contributed by atoms with Gasteiger partial charge >= 0.3 is 18.4 Å². The number of halogens is 7. The van der Waals surface area contributed by atoms with Gasteiger partial charge in [-0.2, -0.15) is 26.3 Å². The smallest absolute Gasteiger partial charge is 0.432 e. The van der Waals surface area contributed by atoms with E-state index in [-0.39, 0.29) is 53.2 Å². The zero-order valence-corrected chi connectivity index (χ0v) is 24.3. The predicted octanol–water partition coefficient (Wildman–Crippen LogP) is 8.62. The molecule has 2 aromatic rings. The molecule has 0 heterocycles. The van der Waals surface area contributed by atoms with E-state index in [0.29, 0.717) is 12.1 Å². The van der Waals surface area contributed by atoms with Gasteiger partial charge in [0.2, 0.25) is 0 Å². The number of hydrogen-bond acceptors (Lipinski definition) is 5. The van der Waals surface area contributed by atoms with E-state index in [4.69, 9.17) is 21.1 Å². The molecule has 2 aromatic carbocycles. The summed E-state index contributed by atoms with van der Waals surface area (Å²) in [5.41, 5.74) is -3.70. The zero-order valence-electron chi connectivity index (χ0n) is 23.6. The number of amides is 1. The number of aromatic hydroxyl groups is 1. The van der Waals surface area contributed by atoms with Crippen LogP contribution in [0.5, 0.6) is 11.5 Å². The Bertz CT molecular complexity index is 1380. The molecule has 0 aliphatic heterocycles. The number of allylic oxidation sites excluding steroid dienone is 3. The van der Waals surface area contributed by atoms with Gasteiger partial charge in [0, 0.05) is 19.2 Å². The molecular formula is C29H31ClF6N2O4. The summed E-state index contributed by atoms with van der Waals surface area (Å²) >= 11 is 5.77. The summed E-state index contributed by atoms with van der Waals surface area (Å²) in [6.45, 7) is 10.3. The Hall–Kier alpha value is -3.67. The highest BCUT2D eigenvalue weighted by molar-refractivity contribution is 6.31. The number of carbonyl (C=O) groups excluding carboxylic acids is 1. The third-order valence-corrected chi connectivity index (χ3v) is 5.84.